The highest BCUT2D eigenvalue weighted by molar-refractivity contribution is 7.99. The van der Waals surface area contributed by atoms with Gasteiger partial charge in [0.25, 0.3) is 0 Å². The predicted octanol–water partition coefficient (Wildman–Crippen LogP) is 6.66. The van der Waals surface area contributed by atoms with Crippen LogP contribution >= 0.6 is 58.7 Å². The first-order valence-electron chi connectivity index (χ1n) is 11.7. The molecule has 2 aromatic carbocycles. The van der Waals surface area contributed by atoms with Crippen molar-refractivity contribution in [2.75, 3.05) is 57.2 Å². The van der Waals surface area contributed by atoms with Crippen molar-refractivity contribution in [3.05, 3.63) is 46.4 Å². The quantitative estimate of drug-likeness (QED) is 0.184. The van der Waals surface area contributed by atoms with Crippen LogP contribution in [0.3, 0.4) is 0 Å². The standard InChI is InChI=1S/C25H29Cl2N3O3S2.ClH/c1-32-21-10-9-20(27)24-23(21)28-25(35-24)30(12-3-11-29-13-15-33-16-14-29)22(31)4-2-17-34-19-7-5-18(26)6-8-19;/h5-10H,2-4,11-17H2,1H3;1H. The van der Waals surface area contributed by atoms with Crippen LogP contribution in [0.4, 0.5) is 5.13 Å². The molecule has 1 fully saturated rings. The number of morpholine rings is 1. The number of nitrogens with zero attached hydrogens (tertiary/aromatic N) is 3. The Balaban J connectivity index is 0.00000361. The van der Waals surface area contributed by atoms with Crippen LogP contribution in [0.5, 0.6) is 5.75 Å². The molecule has 36 heavy (non-hydrogen) atoms. The molecule has 1 aliphatic heterocycles. The molecule has 0 N–H and O–H groups in total. The van der Waals surface area contributed by atoms with Gasteiger partial charge in [0.05, 0.1) is 30.0 Å². The number of thiazole rings is 1. The predicted molar refractivity (Wildman–Crippen MR) is 154 cm³/mol. The largest absolute Gasteiger partial charge is 0.494 e. The second kappa shape index (κ2) is 14.6. The lowest BCUT2D eigenvalue weighted by Gasteiger charge is -2.27. The summed E-state index contributed by atoms with van der Waals surface area (Å²) in [5, 5.41) is 2.01. The molecule has 4 rings (SSSR count). The average molecular weight is 591 g/mol. The maximum absolute atomic E-state index is 13.4. The molecule has 0 bridgehead atoms. The number of halogens is 3. The Labute approximate surface area is 236 Å². The minimum atomic E-state index is 0. The third-order valence-electron chi connectivity index (χ3n) is 5.78. The third-order valence-corrected chi connectivity index (χ3v) is 8.67. The highest BCUT2D eigenvalue weighted by Crippen LogP contribution is 2.39. The summed E-state index contributed by atoms with van der Waals surface area (Å²) in [4.78, 5) is 23.5. The number of fused-ring (bicyclic) bond motifs is 1. The van der Waals surface area contributed by atoms with Crippen LogP contribution < -0.4 is 9.64 Å². The Bertz CT molecular complexity index is 1120. The first kappa shape index (κ1) is 29.3. The molecule has 0 saturated carbocycles. The van der Waals surface area contributed by atoms with Crippen molar-refractivity contribution < 1.29 is 14.3 Å². The average Bonchev–Trinajstić information content (AvgIpc) is 3.32. The van der Waals surface area contributed by atoms with E-state index in [1.165, 1.54) is 11.3 Å². The van der Waals surface area contributed by atoms with E-state index in [4.69, 9.17) is 37.7 Å². The molecule has 0 radical (unpaired) electrons. The lowest BCUT2D eigenvalue weighted by atomic mass is 10.2. The van der Waals surface area contributed by atoms with Crippen molar-refractivity contribution in [2.45, 2.75) is 24.2 Å². The van der Waals surface area contributed by atoms with Crippen LogP contribution in [0, 0.1) is 0 Å². The molecular formula is C25H30Cl3N3O3S2. The van der Waals surface area contributed by atoms with Gasteiger partial charge in [-0.3, -0.25) is 14.6 Å². The number of ether oxygens (including phenoxy) is 2. The van der Waals surface area contributed by atoms with Gasteiger partial charge in [-0.1, -0.05) is 34.5 Å². The molecule has 0 spiro atoms. The fraction of sp³-hybridized carbons (Fsp3) is 0.440. The zero-order valence-electron chi connectivity index (χ0n) is 20.1. The van der Waals surface area contributed by atoms with Crippen LogP contribution in [0.2, 0.25) is 10.0 Å². The molecule has 0 unspecified atom stereocenters. The minimum Gasteiger partial charge on any atom is -0.494 e. The second-order valence-electron chi connectivity index (χ2n) is 8.18. The molecule has 6 nitrogen and oxygen atoms in total. The fourth-order valence-electron chi connectivity index (χ4n) is 3.90. The molecule has 3 aromatic rings. The van der Waals surface area contributed by atoms with Crippen molar-refractivity contribution in [3.63, 3.8) is 0 Å². The van der Waals surface area contributed by atoms with Crippen LogP contribution in [-0.2, 0) is 9.53 Å². The maximum atomic E-state index is 13.4. The molecule has 11 heteroatoms. The number of carbonyl (C=O) groups excluding carboxylic acids is 1. The highest BCUT2D eigenvalue weighted by Gasteiger charge is 2.22. The van der Waals surface area contributed by atoms with Gasteiger partial charge in [0.2, 0.25) is 5.91 Å². The van der Waals surface area contributed by atoms with Crippen LogP contribution in [0.25, 0.3) is 10.2 Å². The van der Waals surface area contributed by atoms with Gasteiger partial charge in [-0.25, -0.2) is 4.98 Å². The summed E-state index contributed by atoms with van der Waals surface area (Å²) < 4.78 is 11.8. The van der Waals surface area contributed by atoms with Gasteiger partial charge >= 0.3 is 0 Å². The highest BCUT2D eigenvalue weighted by atomic mass is 35.5. The molecular weight excluding hydrogens is 561 g/mol. The molecule has 0 atom stereocenters. The zero-order valence-corrected chi connectivity index (χ0v) is 24.0. The second-order valence-corrected chi connectivity index (χ2v) is 11.2. The summed E-state index contributed by atoms with van der Waals surface area (Å²) in [6.45, 7) is 4.94. The maximum Gasteiger partial charge on any atom is 0.228 e. The van der Waals surface area contributed by atoms with Gasteiger partial charge in [0.1, 0.15) is 11.3 Å². The number of amides is 1. The lowest BCUT2D eigenvalue weighted by Crippen LogP contribution is -2.39. The van der Waals surface area contributed by atoms with Gasteiger partial charge in [-0.15, -0.1) is 24.2 Å². The van der Waals surface area contributed by atoms with Crippen LogP contribution in [0.15, 0.2) is 41.3 Å². The Hall–Kier alpha value is -1.26. The summed E-state index contributed by atoms with van der Waals surface area (Å²) in [7, 11) is 1.62. The van der Waals surface area contributed by atoms with Crippen molar-refractivity contribution in [1.82, 2.24) is 9.88 Å². The first-order chi connectivity index (χ1) is 17.0. The Kier molecular flexibility index (Phi) is 11.9. The van der Waals surface area contributed by atoms with Gasteiger partial charge in [0, 0.05) is 42.5 Å². The molecule has 1 aliphatic rings. The Morgan fingerprint density at radius 1 is 1.17 bits per heavy atom. The number of hydrogen-bond donors (Lipinski definition) is 0. The summed E-state index contributed by atoms with van der Waals surface area (Å²) in [5.41, 5.74) is 0.698. The topological polar surface area (TPSA) is 54.9 Å². The lowest BCUT2D eigenvalue weighted by molar-refractivity contribution is -0.118. The summed E-state index contributed by atoms with van der Waals surface area (Å²) in [6.07, 6.45) is 2.10. The summed E-state index contributed by atoms with van der Waals surface area (Å²) in [5.74, 6) is 1.60. The SMILES string of the molecule is COc1ccc(Cl)c2sc(N(CCCN3CCOCC3)C(=O)CCCSc3ccc(Cl)cc3)nc12.Cl. The Morgan fingerprint density at radius 3 is 2.64 bits per heavy atom. The smallest absolute Gasteiger partial charge is 0.228 e. The molecule has 1 aromatic heterocycles. The minimum absolute atomic E-state index is 0. The van der Waals surface area contributed by atoms with E-state index in [-0.39, 0.29) is 18.3 Å². The molecule has 2 heterocycles. The van der Waals surface area contributed by atoms with Crippen molar-refractivity contribution in [3.8, 4) is 5.75 Å². The summed E-state index contributed by atoms with van der Waals surface area (Å²) >= 11 is 15.6. The van der Waals surface area contributed by atoms with Crippen LogP contribution in [0.1, 0.15) is 19.3 Å². The molecule has 1 saturated heterocycles. The van der Waals surface area contributed by atoms with Gasteiger partial charge in [-0.05, 0) is 55.0 Å². The number of carbonyl (C=O) groups is 1. The van der Waals surface area contributed by atoms with Crippen LogP contribution in [-0.4, -0.2) is 68.0 Å². The van der Waals surface area contributed by atoms with Gasteiger partial charge in [0.15, 0.2) is 5.13 Å². The summed E-state index contributed by atoms with van der Waals surface area (Å²) in [6, 6.07) is 11.4. The molecule has 0 aliphatic carbocycles. The van der Waals surface area contributed by atoms with E-state index in [1.54, 1.807) is 18.9 Å². The van der Waals surface area contributed by atoms with E-state index >= 15 is 0 Å². The van der Waals surface area contributed by atoms with E-state index in [1.807, 2.05) is 41.3 Å². The van der Waals surface area contributed by atoms with E-state index in [9.17, 15) is 4.79 Å². The third kappa shape index (κ3) is 7.87. The first-order valence-corrected chi connectivity index (χ1v) is 14.2. The van der Waals surface area contributed by atoms with E-state index in [0.717, 1.165) is 66.1 Å². The number of aromatic nitrogens is 1. The van der Waals surface area contributed by atoms with Crippen molar-refractivity contribution in [1.29, 1.82) is 0 Å². The van der Waals surface area contributed by atoms with E-state index in [0.29, 0.717) is 34.4 Å². The number of hydrogen-bond acceptors (Lipinski definition) is 7. The Morgan fingerprint density at radius 2 is 1.92 bits per heavy atom. The van der Waals surface area contributed by atoms with E-state index < -0.39 is 0 Å². The van der Waals surface area contributed by atoms with Crippen molar-refractivity contribution in [2.24, 2.45) is 0 Å². The van der Waals surface area contributed by atoms with E-state index in [2.05, 4.69) is 4.90 Å². The monoisotopic (exact) mass is 589 g/mol. The van der Waals surface area contributed by atoms with Crippen molar-refractivity contribution >= 4 is 80.0 Å². The van der Waals surface area contributed by atoms with Gasteiger partial charge < -0.3 is 9.47 Å². The molecule has 1 amide bonds. The zero-order chi connectivity index (χ0) is 24.6. The normalized spacial score (nSPS) is 14.0. The number of thioether (sulfide) groups is 1. The number of benzene rings is 2. The molecule has 196 valence electrons. The van der Waals surface area contributed by atoms with Gasteiger partial charge in [-0.2, -0.15) is 0 Å². The number of rotatable bonds is 11. The number of methoxy groups -OCH3 is 1. The number of anilines is 1. The fourth-order valence-corrected chi connectivity index (χ4v) is 6.18.